The molecule has 2 aliphatic rings. The highest BCUT2D eigenvalue weighted by Gasteiger charge is 2.24. The van der Waals surface area contributed by atoms with Gasteiger partial charge in [0, 0.05) is 44.1 Å². The molecule has 1 N–H and O–H groups in total. The summed E-state index contributed by atoms with van der Waals surface area (Å²) in [6.07, 6.45) is 13.5. The number of carbonyl (C=O) groups is 2. The Morgan fingerprint density at radius 3 is 2.20 bits per heavy atom. The molecule has 0 spiro atoms. The molecule has 262 valence electrons. The largest absolute Gasteiger partial charge is 0.497 e. The average molecular weight is 673 g/mol. The number of rotatable bonds is 14. The minimum Gasteiger partial charge on any atom is -0.497 e. The van der Waals surface area contributed by atoms with Crippen molar-refractivity contribution in [2.24, 2.45) is 11.8 Å². The Hall–Kier alpha value is -4.49. The number of aromatic nitrogens is 1. The maximum Gasteiger partial charge on any atom is 0.253 e. The fourth-order valence-electron chi connectivity index (χ4n) is 7.51. The molecule has 2 aliphatic heterocycles. The van der Waals surface area contributed by atoms with E-state index in [1.165, 1.54) is 45.2 Å². The number of carbonyl (C=O) groups excluding carboxylic acids is 2. The minimum absolute atomic E-state index is 0.0766. The highest BCUT2D eigenvalue weighted by molar-refractivity contribution is 5.95. The first-order valence-electron chi connectivity index (χ1n) is 18.5. The maximum absolute atomic E-state index is 13.7. The number of piperidine rings is 2. The molecular weight excluding hydrogens is 620 g/mol. The Bertz CT molecular complexity index is 1660. The molecule has 2 amide bonds. The second-order valence-electron chi connectivity index (χ2n) is 14.1. The summed E-state index contributed by atoms with van der Waals surface area (Å²) in [6.45, 7) is 5.14. The second-order valence-corrected chi connectivity index (χ2v) is 14.1. The first-order chi connectivity index (χ1) is 24.5. The number of hydrogen-bond donors (Lipinski definition) is 1. The highest BCUT2D eigenvalue weighted by atomic mass is 16.5. The van der Waals surface area contributed by atoms with Crippen LogP contribution < -0.4 is 10.1 Å². The third-order valence-electron chi connectivity index (χ3n) is 10.6. The summed E-state index contributed by atoms with van der Waals surface area (Å²) in [5.74, 6) is 2.61. The third-order valence-corrected chi connectivity index (χ3v) is 10.6. The number of amides is 2. The second kappa shape index (κ2) is 18.0. The molecule has 0 bridgehead atoms. The van der Waals surface area contributed by atoms with Crippen LogP contribution in [0.1, 0.15) is 72.0 Å². The number of hydrogen-bond acceptors (Lipinski definition) is 5. The molecule has 0 saturated carbocycles. The Morgan fingerprint density at radius 2 is 1.48 bits per heavy atom. The van der Waals surface area contributed by atoms with Crippen LogP contribution in [0.2, 0.25) is 0 Å². The standard InChI is InChI=1S/C43H52N4O3/c1-50-41-13-11-36(12-14-41)30-42(48)47(28-21-35-17-24-45-25-18-35)32-37-7-3-8-38(29-37)39-9-4-10-40(31-39)43(49)46-26-19-34(20-27-46)6-2-5-33-15-22-44-23-16-33/h3-4,7-14,17-18,24-25,29,31,33-34,44H,2,5-6,15-16,19-23,26-28,30,32H2,1H3. The normalized spacial score (nSPS) is 15.5. The van der Waals surface area contributed by atoms with Gasteiger partial charge in [-0.1, -0.05) is 61.7 Å². The molecule has 2 fully saturated rings. The molecule has 0 aliphatic carbocycles. The molecule has 50 heavy (non-hydrogen) atoms. The summed E-state index contributed by atoms with van der Waals surface area (Å²) < 4.78 is 5.30. The van der Waals surface area contributed by atoms with Gasteiger partial charge in [-0.15, -0.1) is 0 Å². The van der Waals surface area contributed by atoms with E-state index in [0.29, 0.717) is 19.5 Å². The number of likely N-dealkylation sites (tertiary alicyclic amines) is 1. The Balaban J connectivity index is 1.08. The van der Waals surface area contributed by atoms with Gasteiger partial charge in [-0.3, -0.25) is 14.6 Å². The van der Waals surface area contributed by atoms with Gasteiger partial charge in [-0.2, -0.15) is 0 Å². The SMILES string of the molecule is COc1ccc(CC(=O)N(CCc2ccncc2)Cc2cccc(-c3cccc(C(=O)N4CCC(CCCC5CCNCC5)CC4)c3)c2)cc1. The molecule has 0 radical (unpaired) electrons. The van der Waals surface area contributed by atoms with Crippen LogP contribution in [0.5, 0.6) is 5.75 Å². The first-order valence-corrected chi connectivity index (χ1v) is 18.5. The van der Waals surface area contributed by atoms with Crippen molar-refractivity contribution in [2.45, 2.75) is 64.3 Å². The molecule has 1 aromatic heterocycles. The lowest BCUT2D eigenvalue weighted by Crippen LogP contribution is -2.38. The quantitative estimate of drug-likeness (QED) is 0.149. The van der Waals surface area contributed by atoms with Gasteiger partial charge in [0.25, 0.3) is 5.91 Å². The summed E-state index contributed by atoms with van der Waals surface area (Å²) in [5.41, 5.74) is 5.95. The maximum atomic E-state index is 13.7. The topological polar surface area (TPSA) is 74.8 Å². The predicted molar refractivity (Wildman–Crippen MR) is 200 cm³/mol. The molecule has 2 saturated heterocycles. The summed E-state index contributed by atoms with van der Waals surface area (Å²) in [4.78, 5) is 35.5. The van der Waals surface area contributed by atoms with E-state index in [1.54, 1.807) is 19.5 Å². The van der Waals surface area contributed by atoms with Gasteiger partial charge in [0.2, 0.25) is 5.91 Å². The van der Waals surface area contributed by atoms with Crippen molar-refractivity contribution in [3.8, 4) is 16.9 Å². The Labute approximate surface area is 298 Å². The van der Waals surface area contributed by atoms with Crippen molar-refractivity contribution in [1.82, 2.24) is 20.1 Å². The van der Waals surface area contributed by atoms with E-state index >= 15 is 0 Å². The molecule has 7 heteroatoms. The number of nitrogens with one attached hydrogen (secondary N) is 1. The van der Waals surface area contributed by atoms with E-state index in [9.17, 15) is 9.59 Å². The lowest BCUT2D eigenvalue weighted by molar-refractivity contribution is -0.131. The van der Waals surface area contributed by atoms with Gasteiger partial charge in [0.15, 0.2) is 0 Å². The van der Waals surface area contributed by atoms with Crippen LogP contribution in [-0.4, -0.2) is 66.4 Å². The van der Waals surface area contributed by atoms with Gasteiger partial charge in [0.1, 0.15) is 5.75 Å². The molecule has 7 nitrogen and oxygen atoms in total. The molecule has 3 heterocycles. The zero-order valence-electron chi connectivity index (χ0n) is 29.6. The highest BCUT2D eigenvalue weighted by Crippen LogP contribution is 2.28. The number of methoxy groups -OCH3 is 1. The summed E-state index contributed by atoms with van der Waals surface area (Å²) in [6, 6.07) is 28.1. The fraction of sp³-hybridized carbons (Fsp3) is 0.419. The van der Waals surface area contributed by atoms with Crippen molar-refractivity contribution in [2.75, 3.05) is 39.8 Å². The van der Waals surface area contributed by atoms with Crippen LogP contribution in [0, 0.1) is 11.8 Å². The molecule has 3 aromatic carbocycles. The van der Waals surface area contributed by atoms with Crippen molar-refractivity contribution >= 4 is 11.8 Å². The van der Waals surface area contributed by atoms with E-state index in [0.717, 1.165) is 83.3 Å². The zero-order chi connectivity index (χ0) is 34.5. The third kappa shape index (κ3) is 10.0. The van der Waals surface area contributed by atoms with E-state index in [2.05, 4.69) is 34.6 Å². The lowest BCUT2D eigenvalue weighted by atomic mass is 9.87. The number of ether oxygens (including phenoxy) is 1. The van der Waals surface area contributed by atoms with Gasteiger partial charge in [0.05, 0.1) is 13.5 Å². The minimum atomic E-state index is 0.0766. The molecular formula is C43H52N4O3. The van der Waals surface area contributed by atoms with Crippen LogP contribution >= 0.6 is 0 Å². The summed E-state index contributed by atoms with van der Waals surface area (Å²) >= 11 is 0. The smallest absolute Gasteiger partial charge is 0.253 e. The number of benzene rings is 3. The molecule has 4 aromatic rings. The monoisotopic (exact) mass is 672 g/mol. The molecule has 0 unspecified atom stereocenters. The molecule has 6 rings (SSSR count). The average Bonchev–Trinajstić information content (AvgIpc) is 3.17. The Morgan fingerprint density at radius 1 is 0.800 bits per heavy atom. The first kappa shape index (κ1) is 35.3. The van der Waals surface area contributed by atoms with Gasteiger partial charge >= 0.3 is 0 Å². The van der Waals surface area contributed by atoms with E-state index in [4.69, 9.17) is 4.74 Å². The number of pyridine rings is 1. The van der Waals surface area contributed by atoms with Crippen LogP contribution in [0.25, 0.3) is 11.1 Å². The van der Waals surface area contributed by atoms with Crippen LogP contribution in [0.3, 0.4) is 0 Å². The van der Waals surface area contributed by atoms with Crippen molar-refractivity contribution in [3.63, 3.8) is 0 Å². The summed E-state index contributed by atoms with van der Waals surface area (Å²) in [7, 11) is 1.64. The van der Waals surface area contributed by atoms with Gasteiger partial charge in [-0.25, -0.2) is 0 Å². The van der Waals surface area contributed by atoms with Crippen LogP contribution in [-0.2, 0) is 24.2 Å². The van der Waals surface area contributed by atoms with Gasteiger partial charge < -0.3 is 19.9 Å². The Kier molecular flexibility index (Phi) is 12.7. The van der Waals surface area contributed by atoms with E-state index < -0.39 is 0 Å². The summed E-state index contributed by atoms with van der Waals surface area (Å²) in [5, 5.41) is 3.47. The molecule has 0 atom stereocenters. The number of nitrogens with zero attached hydrogens (tertiary/aromatic N) is 3. The van der Waals surface area contributed by atoms with Gasteiger partial charge in [-0.05, 0) is 127 Å². The van der Waals surface area contributed by atoms with Crippen molar-refractivity contribution in [1.29, 1.82) is 0 Å². The van der Waals surface area contributed by atoms with E-state index in [-0.39, 0.29) is 11.8 Å². The fourth-order valence-corrected chi connectivity index (χ4v) is 7.51. The van der Waals surface area contributed by atoms with E-state index in [1.807, 2.05) is 70.5 Å². The van der Waals surface area contributed by atoms with Crippen LogP contribution in [0.4, 0.5) is 0 Å². The van der Waals surface area contributed by atoms with Crippen molar-refractivity contribution in [3.05, 3.63) is 120 Å². The van der Waals surface area contributed by atoms with Crippen LogP contribution in [0.15, 0.2) is 97.3 Å². The zero-order valence-corrected chi connectivity index (χ0v) is 29.6. The predicted octanol–water partition coefficient (Wildman–Crippen LogP) is 7.59. The van der Waals surface area contributed by atoms with Crippen molar-refractivity contribution < 1.29 is 14.3 Å². The lowest BCUT2D eigenvalue weighted by Gasteiger charge is -2.32.